The predicted octanol–water partition coefficient (Wildman–Crippen LogP) is 5.75. The molecule has 184 valence electrons. The monoisotopic (exact) mass is 530 g/mol. The smallest absolute Gasteiger partial charge is 0.223 e. The molecule has 0 aliphatic carbocycles. The summed E-state index contributed by atoms with van der Waals surface area (Å²) in [5, 5.41) is 3.89. The van der Waals surface area contributed by atoms with E-state index in [0.717, 1.165) is 16.7 Å². The van der Waals surface area contributed by atoms with E-state index in [-0.39, 0.29) is 36.7 Å². The van der Waals surface area contributed by atoms with Crippen LogP contribution in [0, 0.1) is 12.8 Å². The molecule has 4 rings (SSSR count). The highest BCUT2D eigenvalue weighted by Crippen LogP contribution is 2.30. The summed E-state index contributed by atoms with van der Waals surface area (Å²) in [6, 6.07) is 22.6. The van der Waals surface area contributed by atoms with Crippen molar-refractivity contribution in [3.8, 4) is 0 Å². The van der Waals surface area contributed by atoms with Crippen LogP contribution >= 0.6 is 23.2 Å². The Bertz CT molecular complexity index is 1270. The second-order valence-electron chi connectivity index (χ2n) is 8.84. The van der Waals surface area contributed by atoms with Crippen LogP contribution in [0.5, 0.6) is 0 Å². The van der Waals surface area contributed by atoms with Gasteiger partial charge in [0.25, 0.3) is 0 Å². The molecule has 0 unspecified atom stereocenters. The summed E-state index contributed by atoms with van der Waals surface area (Å²) >= 11 is 12.4. The zero-order valence-corrected chi connectivity index (χ0v) is 21.8. The zero-order chi connectivity index (χ0) is 25.0. The second-order valence-corrected chi connectivity index (χ2v) is 11.6. The summed E-state index contributed by atoms with van der Waals surface area (Å²) in [4.78, 5) is 13.3. The maximum Gasteiger partial charge on any atom is 0.223 e. The molecule has 1 N–H and O–H groups in total. The molecule has 0 saturated carbocycles. The van der Waals surface area contributed by atoms with E-state index in [0.29, 0.717) is 28.5 Å². The minimum Gasteiger partial charge on any atom is -0.345 e. The third-order valence-electron chi connectivity index (χ3n) is 6.53. The molecule has 1 saturated heterocycles. The number of nitrogens with zero attached hydrogens (tertiary/aromatic N) is 1. The van der Waals surface area contributed by atoms with Gasteiger partial charge >= 0.3 is 0 Å². The van der Waals surface area contributed by atoms with Crippen LogP contribution in [-0.4, -0.2) is 31.7 Å². The normalized spacial score (nSPS) is 16.1. The molecule has 0 spiro atoms. The van der Waals surface area contributed by atoms with Gasteiger partial charge in [-0.1, -0.05) is 83.9 Å². The van der Waals surface area contributed by atoms with E-state index in [4.69, 9.17) is 23.2 Å². The Labute approximate surface area is 217 Å². The Morgan fingerprint density at radius 1 is 0.943 bits per heavy atom. The van der Waals surface area contributed by atoms with E-state index in [1.807, 2.05) is 61.5 Å². The molecule has 5 nitrogen and oxygen atoms in total. The third kappa shape index (κ3) is 6.07. The van der Waals surface area contributed by atoms with Crippen LogP contribution < -0.4 is 5.32 Å². The Balaban J connectivity index is 1.44. The Morgan fingerprint density at radius 2 is 1.54 bits per heavy atom. The van der Waals surface area contributed by atoms with E-state index in [1.54, 1.807) is 18.2 Å². The largest absolute Gasteiger partial charge is 0.345 e. The van der Waals surface area contributed by atoms with E-state index in [9.17, 15) is 13.2 Å². The molecule has 1 atom stereocenters. The molecule has 1 heterocycles. The molecular formula is C27H28Cl2N2O3S. The maximum absolute atomic E-state index is 13.3. The number of piperidine rings is 1. The minimum absolute atomic E-state index is 0.0618. The second kappa shape index (κ2) is 11.1. The number of nitrogens with one attached hydrogen (secondary N) is 1. The molecule has 0 bridgehead atoms. The zero-order valence-electron chi connectivity index (χ0n) is 19.5. The van der Waals surface area contributed by atoms with Gasteiger partial charge in [-0.05, 0) is 48.6 Å². The predicted molar refractivity (Wildman–Crippen MR) is 141 cm³/mol. The Kier molecular flexibility index (Phi) is 8.17. The number of halogens is 2. The van der Waals surface area contributed by atoms with Crippen molar-refractivity contribution in [1.29, 1.82) is 0 Å². The molecule has 3 aromatic carbocycles. The first-order chi connectivity index (χ1) is 16.8. The van der Waals surface area contributed by atoms with Crippen molar-refractivity contribution in [3.05, 3.63) is 105 Å². The summed E-state index contributed by atoms with van der Waals surface area (Å²) in [5.74, 6) is -0.583. The molecular weight excluding hydrogens is 503 g/mol. The van der Waals surface area contributed by atoms with E-state index >= 15 is 0 Å². The summed E-state index contributed by atoms with van der Waals surface area (Å²) < 4.78 is 27.5. The van der Waals surface area contributed by atoms with Gasteiger partial charge in [-0.3, -0.25) is 4.79 Å². The van der Waals surface area contributed by atoms with E-state index in [2.05, 4.69) is 5.32 Å². The number of carbonyl (C=O) groups excluding carboxylic acids is 1. The first-order valence-corrected chi connectivity index (χ1v) is 13.9. The molecule has 3 aromatic rings. The molecule has 1 aliphatic rings. The number of carbonyl (C=O) groups is 1. The van der Waals surface area contributed by atoms with Crippen molar-refractivity contribution in [3.63, 3.8) is 0 Å². The number of benzene rings is 3. The molecule has 8 heteroatoms. The fraction of sp³-hybridized carbons (Fsp3) is 0.296. The van der Waals surface area contributed by atoms with Gasteiger partial charge in [0.15, 0.2) is 0 Å². The topological polar surface area (TPSA) is 66.5 Å². The summed E-state index contributed by atoms with van der Waals surface area (Å²) in [6.45, 7) is 2.59. The quantitative estimate of drug-likeness (QED) is 0.422. The SMILES string of the molecule is Cc1ccccc1[C@H](NC(=O)C1CCN(S(=O)(=O)Cc2c(Cl)cccc2Cl)CC1)c1ccccc1. The molecule has 1 amide bonds. The fourth-order valence-corrected chi connectivity index (χ4v) is 6.81. The Morgan fingerprint density at radius 3 is 2.17 bits per heavy atom. The van der Waals surface area contributed by atoms with Gasteiger partial charge in [-0.15, -0.1) is 0 Å². The summed E-state index contributed by atoms with van der Waals surface area (Å²) in [7, 11) is -3.61. The van der Waals surface area contributed by atoms with Gasteiger partial charge in [0.05, 0.1) is 11.8 Å². The maximum atomic E-state index is 13.3. The number of hydrogen-bond acceptors (Lipinski definition) is 3. The third-order valence-corrected chi connectivity index (χ3v) is 9.04. The van der Waals surface area contributed by atoms with Crippen molar-refractivity contribution < 1.29 is 13.2 Å². The lowest BCUT2D eigenvalue weighted by atomic mass is 9.92. The highest BCUT2D eigenvalue weighted by molar-refractivity contribution is 7.88. The van der Waals surface area contributed by atoms with Crippen LogP contribution in [0.2, 0.25) is 10.0 Å². The van der Waals surface area contributed by atoms with Crippen molar-refractivity contribution in [1.82, 2.24) is 9.62 Å². The molecule has 1 aliphatic heterocycles. The van der Waals surface area contributed by atoms with Crippen molar-refractivity contribution in [2.45, 2.75) is 31.6 Å². The van der Waals surface area contributed by atoms with Crippen LogP contribution in [0.4, 0.5) is 0 Å². The van der Waals surface area contributed by atoms with E-state index in [1.165, 1.54) is 4.31 Å². The van der Waals surface area contributed by atoms with E-state index < -0.39 is 10.0 Å². The van der Waals surface area contributed by atoms with Crippen LogP contribution in [-0.2, 0) is 20.6 Å². The van der Waals surface area contributed by atoms with Crippen molar-refractivity contribution in [2.75, 3.05) is 13.1 Å². The first-order valence-electron chi connectivity index (χ1n) is 11.6. The van der Waals surface area contributed by atoms with Gasteiger partial charge in [0.2, 0.25) is 15.9 Å². The van der Waals surface area contributed by atoms with Gasteiger partial charge < -0.3 is 5.32 Å². The number of amides is 1. The van der Waals surface area contributed by atoms with Gasteiger partial charge in [-0.2, -0.15) is 0 Å². The van der Waals surface area contributed by atoms with Crippen molar-refractivity contribution >= 4 is 39.1 Å². The average Bonchev–Trinajstić information content (AvgIpc) is 2.86. The lowest BCUT2D eigenvalue weighted by molar-refractivity contribution is -0.126. The van der Waals surface area contributed by atoms with Gasteiger partial charge in [0.1, 0.15) is 0 Å². The fourth-order valence-electron chi connectivity index (χ4n) is 4.50. The highest BCUT2D eigenvalue weighted by Gasteiger charge is 2.33. The number of aryl methyl sites for hydroxylation is 1. The average molecular weight is 532 g/mol. The molecule has 0 radical (unpaired) electrons. The standard InChI is InChI=1S/C27H28Cl2N2O3S/c1-19-8-5-6-11-22(19)26(20-9-3-2-4-10-20)30-27(32)21-14-16-31(17-15-21)35(33,34)18-23-24(28)12-7-13-25(23)29/h2-13,21,26H,14-18H2,1H3,(H,30,32)/t26-/m1/s1. The lowest BCUT2D eigenvalue weighted by Crippen LogP contribution is -2.44. The molecule has 35 heavy (non-hydrogen) atoms. The van der Waals surface area contributed by atoms with Crippen LogP contribution in [0.15, 0.2) is 72.8 Å². The summed E-state index contributed by atoms with van der Waals surface area (Å²) in [6.07, 6.45) is 0.910. The van der Waals surface area contributed by atoms with Gasteiger partial charge in [-0.25, -0.2) is 12.7 Å². The number of rotatable bonds is 7. The lowest BCUT2D eigenvalue weighted by Gasteiger charge is -2.32. The Hall–Kier alpha value is -2.38. The molecule has 1 fully saturated rings. The van der Waals surface area contributed by atoms with Gasteiger partial charge in [0, 0.05) is 34.6 Å². The minimum atomic E-state index is -3.61. The number of sulfonamides is 1. The molecule has 0 aromatic heterocycles. The summed E-state index contributed by atoms with van der Waals surface area (Å²) in [5.41, 5.74) is 3.55. The van der Waals surface area contributed by atoms with Crippen LogP contribution in [0.25, 0.3) is 0 Å². The van der Waals surface area contributed by atoms with Crippen LogP contribution in [0.1, 0.15) is 41.1 Å². The number of hydrogen-bond donors (Lipinski definition) is 1. The van der Waals surface area contributed by atoms with Crippen LogP contribution in [0.3, 0.4) is 0 Å². The highest BCUT2D eigenvalue weighted by atomic mass is 35.5. The first kappa shape index (κ1) is 25.7. The van der Waals surface area contributed by atoms with Crippen molar-refractivity contribution in [2.24, 2.45) is 5.92 Å².